The summed E-state index contributed by atoms with van der Waals surface area (Å²) in [4.78, 5) is 4.88. The van der Waals surface area contributed by atoms with Crippen molar-refractivity contribution >= 4 is 0 Å². The second-order valence-corrected chi connectivity index (χ2v) is 6.45. The zero-order valence-electron chi connectivity index (χ0n) is 13.2. The van der Waals surface area contributed by atoms with Gasteiger partial charge in [0.2, 0.25) is 0 Å². The summed E-state index contributed by atoms with van der Waals surface area (Å²) in [5.74, 6) is 0. The van der Waals surface area contributed by atoms with Crippen LogP contribution in [0.25, 0.3) is 0 Å². The fourth-order valence-corrected chi connectivity index (χ4v) is 3.29. The Kier molecular flexibility index (Phi) is 5.19. The molecule has 1 aromatic carbocycles. The van der Waals surface area contributed by atoms with Gasteiger partial charge in [-0.05, 0) is 64.5 Å². The summed E-state index contributed by atoms with van der Waals surface area (Å²) >= 11 is 0. The highest BCUT2D eigenvalue weighted by Gasteiger charge is 2.39. The Morgan fingerprint density at radius 2 is 1.75 bits per heavy atom. The van der Waals surface area contributed by atoms with Gasteiger partial charge in [-0.3, -0.25) is 0 Å². The van der Waals surface area contributed by atoms with Crippen molar-refractivity contribution in [3.05, 3.63) is 35.4 Å². The first-order chi connectivity index (χ1) is 9.57. The molecule has 2 N–H and O–H groups in total. The lowest BCUT2D eigenvalue weighted by Gasteiger charge is -2.49. The van der Waals surface area contributed by atoms with Gasteiger partial charge in [0.15, 0.2) is 0 Å². The zero-order chi connectivity index (χ0) is 14.6. The van der Waals surface area contributed by atoms with Crippen molar-refractivity contribution in [2.45, 2.75) is 37.8 Å². The van der Waals surface area contributed by atoms with E-state index in [-0.39, 0.29) is 0 Å². The van der Waals surface area contributed by atoms with E-state index in [0.717, 1.165) is 26.1 Å². The first-order valence-corrected chi connectivity index (χ1v) is 7.70. The highest BCUT2D eigenvalue weighted by molar-refractivity contribution is 5.27. The van der Waals surface area contributed by atoms with E-state index in [1.54, 1.807) is 0 Å². The van der Waals surface area contributed by atoms with Crippen LogP contribution in [0.2, 0.25) is 0 Å². The molecule has 0 amide bonds. The molecule has 20 heavy (non-hydrogen) atoms. The van der Waals surface area contributed by atoms with Crippen LogP contribution in [0.4, 0.5) is 0 Å². The van der Waals surface area contributed by atoms with Gasteiger partial charge >= 0.3 is 0 Å². The fourth-order valence-electron chi connectivity index (χ4n) is 3.29. The molecule has 1 saturated carbocycles. The van der Waals surface area contributed by atoms with Crippen LogP contribution < -0.4 is 5.73 Å². The molecule has 1 aliphatic rings. The Labute approximate surface area is 123 Å². The molecule has 0 aromatic heterocycles. The molecule has 0 saturated heterocycles. The molecule has 1 aliphatic carbocycles. The topological polar surface area (TPSA) is 32.5 Å². The smallest absolute Gasteiger partial charge is 0.0330 e. The molecule has 0 radical (unpaired) electrons. The van der Waals surface area contributed by atoms with Crippen LogP contribution in [0.3, 0.4) is 0 Å². The maximum absolute atomic E-state index is 5.71. The maximum Gasteiger partial charge on any atom is 0.0330 e. The molecule has 0 bridgehead atoms. The third kappa shape index (κ3) is 3.40. The quantitative estimate of drug-likeness (QED) is 0.827. The number of nitrogens with two attached hydrogens (primary N) is 1. The van der Waals surface area contributed by atoms with Gasteiger partial charge in [-0.1, -0.05) is 24.3 Å². The molecule has 0 unspecified atom stereocenters. The van der Waals surface area contributed by atoms with E-state index in [1.165, 1.54) is 30.4 Å². The summed E-state index contributed by atoms with van der Waals surface area (Å²) in [5, 5.41) is 0. The van der Waals surface area contributed by atoms with Gasteiger partial charge in [0.25, 0.3) is 0 Å². The largest absolute Gasteiger partial charge is 0.330 e. The van der Waals surface area contributed by atoms with Crippen LogP contribution in [0.15, 0.2) is 24.3 Å². The molecule has 0 atom stereocenters. The van der Waals surface area contributed by atoms with Crippen LogP contribution in [0, 0.1) is 0 Å². The summed E-state index contributed by atoms with van der Waals surface area (Å²) < 4.78 is 0. The van der Waals surface area contributed by atoms with Crippen molar-refractivity contribution in [3.8, 4) is 0 Å². The van der Waals surface area contributed by atoms with E-state index in [2.05, 4.69) is 55.2 Å². The SMILES string of the molecule is CN(Cc1ccccc1CCN)CC1(N(C)C)CCC1. The number of hydrogen-bond acceptors (Lipinski definition) is 3. The minimum Gasteiger partial charge on any atom is -0.330 e. The Morgan fingerprint density at radius 1 is 1.10 bits per heavy atom. The molecular weight excluding hydrogens is 246 g/mol. The van der Waals surface area contributed by atoms with Gasteiger partial charge in [-0.25, -0.2) is 0 Å². The third-order valence-corrected chi connectivity index (χ3v) is 4.77. The van der Waals surface area contributed by atoms with Crippen LogP contribution >= 0.6 is 0 Å². The highest BCUT2D eigenvalue weighted by atomic mass is 15.2. The molecular formula is C17H29N3. The van der Waals surface area contributed by atoms with Gasteiger partial charge in [0.1, 0.15) is 0 Å². The van der Waals surface area contributed by atoms with E-state index < -0.39 is 0 Å². The number of likely N-dealkylation sites (N-methyl/N-ethyl adjacent to an activating group) is 2. The molecule has 3 nitrogen and oxygen atoms in total. The first kappa shape index (κ1) is 15.5. The molecule has 0 spiro atoms. The predicted octanol–water partition coefficient (Wildman–Crippen LogP) is 2.10. The van der Waals surface area contributed by atoms with Crippen LogP contribution in [-0.2, 0) is 13.0 Å². The molecule has 3 heteroatoms. The van der Waals surface area contributed by atoms with E-state index >= 15 is 0 Å². The van der Waals surface area contributed by atoms with Crippen molar-refractivity contribution in [2.75, 3.05) is 34.2 Å². The molecule has 0 heterocycles. The number of nitrogens with zero attached hydrogens (tertiary/aromatic N) is 2. The molecule has 2 rings (SSSR count). The van der Waals surface area contributed by atoms with E-state index in [4.69, 9.17) is 5.73 Å². The first-order valence-electron chi connectivity index (χ1n) is 7.70. The van der Waals surface area contributed by atoms with Crippen LogP contribution in [0.5, 0.6) is 0 Å². The second kappa shape index (κ2) is 6.70. The summed E-state index contributed by atoms with van der Waals surface area (Å²) in [6.07, 6.45) is 5.00. The van der Waals surface area contributed by atoms with Crippen LogP contribution in [0.1, 0.15) is 30.4 Å². The minimum atomic E-state index is 0.400. The van der Waals surface area contributed by atoms with Crippen molar-refractivity contribution in [1.82, 2.24) is 9.80 Å². The van der Waals surface area contributed by atoms with E-state index in [9.17, 15) is 0 Å². The van der Waals surface area contributed by atoms with E-state index in [0.29, 0.717) is 5.54 Å². The average Bonchev–Trinajstić information content (AvgIpc) is 2.36. The second-order valence-electron chi connectivity index (χ2n) is 6.45. The van der Waals surface area contributed by atoms with Gasteiger partial charge in [-0.2, -0.15) is 0 Å². The van der Waals surface area contributed by atoms with E-state index in [1.807, 2.05) is 0 Å². The van der Waals surface area contributed by atoms with Crippen molar-refractivity contribution in [2.24, 2.45) is 5.73 Å². The number of rotatable bonds is 7. The number of hydrogen-bond donors (Lipinski definition) is 1. The predicted molar refractivity (Wildman–Crippen MR) is 85.8 cm³/mol. The van der Waals surface area contributed by atoms with Gasteiger partial charge in [0.05, 0.1) is 0 Å². The molecule has 1 fully saturated rings. The Hall–Kier alpha value is -0.900. The highest BCUT2D eigenvalue weighted by Crippen LogP contribution is 2.36. The van der Waals surface area contributed by atoms with Crippen LogP contribution in [-0.4, -0.2) is 49.6 Å². The minimum absolute atomic E-state index is 0.400. The molecule has 0 aliphatic heterocycles. The zero-order valence-corrected chi connectivity index (χ0v) is 13.2. The third-order valence-electron chi connectivity index (χ3n) is 4.77. The standard InChI is InChI=1S/C17H29N3/c1-19(2)17(10-6-11-17)14-20(3)13-16-8-5-4-7-15(16)9-12-18/h4-5,7-8H,6,9-14,18H2,1-3H3. The number of benzene rings is 1. The van der Waals surface area contributed by atoms with Gasteiger partial charge in [-0.15, -0.1) is 0 Å². The average molecular weight is 275 g/mol. The summed E-state index contributed by atoms with van der Waals surface area (Å²) in [6, 6.07) is 8.70. The Morgan fingerprint density at radius 3 is 2.25 bits per heavy atom. The summed E-state index contributed by atoms with van der Waals surface area (Å²) in [5.41, 5.74) is 8.93. The normalized spacial score (nSPS) is 17.5. The fraction of sp³-hybridized carbons (Fsp3) is 0.647. The van der Waals surface area contributed by atoms with Gasteiger partial charge in [0, 0.05) is 18.6 Å². The van der Waals surface area contributed by atoms with Crippen molar-refractivity contribution in [3.63, 3.8) is 0 Å². The summed E-state index contributed by atoms with van der Waals surface area (Å²) in [6.45, 7) is 2.89. The van der Waals surface area contributed by atoms with Gasteiger partial charge < -0.3 is 15.5 Å². The molecule has 1 aromatic rings. The maximum atomic E-state index is 5.71. The lowest BCUT2D eigenvalue weighted by molar-refractivity contribution is 0.0258. The lowest BCUT2D eigenvalue weighted by Crippen LogP contribution is -2.56. The Balaban J connectivity index is 1.99. The molecule has 112 valence electrons. The lowest BCUT2D eigenvalue weighted by atomic mass is 9.75. The summed E-state index contributed by atoms with van der Waals surface area (Å²) in [7, 11) is 6.67. The monoisotopic (exact) mass is 275 g/mol. The van der Waals surface area contributed by atoms with Crippen molar-refractivity contribution in [1.29, 1.82) is 0 Å². The van der Waals surface area contributed by atoms with Crippen molar-refractivity contribution < 1.29 is 0 Å². The Bertz CT molecular complexity index is 424.